The summed E-state index contributed by atoms with van der Waals surface area (Å²) in [5.74, 6) is -0.0922. The molecule has 0 aliphatic heterocycles. The number of aliphatic imine (C=N–C) groups is 2. The molecular formula is C10H13ClN6. The Kier molecular flexibility index (Phi) is 6.14. The summed E-state index contributed by atoms with van der Waals surface area (Å²) in [4.78, 5) is 7.53. The van der Waals surface area contributed by atoms with Crippen LogP contribution >= 0.6 is 12.4 Å². The van der Waals surface area contributed by atoms with Crippen LogP contribution in [0.2, 0.25) is 0 Å². The van der Waals surface area contributed by atoms with Gasteiger partial charge in [-0.15, -0.1) is 12.4 Å². The molecule has 0 aliphatic rings. The van der Waals surface area contributed by atoms with Gasteiger partial charge >= 0.3 is 0 Å². The molecule has 0 amide bonds. The number of nitrogens with two attached hydrogens (primary N) is 3. The maximum absolute atomic E-state index is 8.60. The molecule has 90 valence electrons. The van der Waals surface area contributed by atoms with Gasteiger partial charge in [0.2, 0.25) is 5.96 Å². The topological polar surface area (TPSA) is 127 Å². The van der Waals surface area contributed by atoms with Crippen LogP contribution in [0.15, 0.2) is 34.3 Å². The molecule has 17 heavy (non-hydrogen) atoms. The molecule has 1 rings (SSSR count). The molecule has 0 saturated heterocycles. The first-order valence-electron chi connectivity index (χ1n) is 4.50. The SMILES string of the molecule is Cl.N#Cc1ccc(CN=C(N)N=C(N)N)cc1. The molecule has 0 bridgehead atoms. The number of nitriles is 1. The van der Waals surface area contributed by atoms with Gasteiger partial charge in [-0.25, -0.2) is 4.99 Å². The summed E-state index contributed by atoms with van der Waals surface area (Å²) in [6, 6.07) is 9.04. The van der Waals surface area contributed by atoms with E-state index in [1.54, 1.807) is 24.3 Å². The molecule has 0 radical (unpaired) electrons. The van der Waals surface area contributed by atoms with Gasteiger partial charge in [0.1, 0.15) is 0 Å². The second-order valence-electron chi connectivity index (χ2n) is 3.02. The maximum atomic E-state index is 8.60. The zero-order valence-corrected chi connectivity index (χ0v) is 9.81. The van der Waals surface area contributed by atoms with Crippen molar-refractivity contribution in [3.8, 4) is 6.07 Å². The summed E-state index contributed by atoms with van der Waals surface area (Å²) in [5.41, 5.74) is 17.2. The van der Waals surface area contributed by atoms with Crippen molar-refractivity contribution in [1.82, 2.24) is 0 Å². The molecule has 0 heterocycles. The average Bonchev–Trinajstić information content (AvgIpc) is 2.26. The molecule has 7 heteroatoms. The highest BCUT2D eigenvalue weighted by molar-refractivity contribution is 5.92. The number of hydrogen-bond acceptors (Lipinski definition) is 2. The zero-order chi connectivity index (χ0) is 12.0. The van der Waals surface area contributed by atoms with Gasteiger partial charge in [-0.1, -0.05) is 12.1 Å². The number of benzene rings is 1. The van der Waals surface area contributed by atoms with Crippen molar-refractivity contribution < 1.29 is 0 Å². The third-order valence-corrected chi connectivity index (χ3v) is 1.75. The lowest BCUT2D eigenvalue weighted by atomic mass is 10.1. The first-order chi connectivity index (χ1) is 7.61. The smallest absolute Gasteiger partial charge is 0.218 e. The Morgan fingerprint density at radius 1 is 1.18 bits per heavy atom. The zero-order valence-electron chi connectivity index (χ0n) is 9.00. The van der Waals surface area contributed by atoms with Crippen molar-refractivity contribution >= 4 is 24.3 Å². The predicted molar refractivity (Wildman–Crippen MR) is 69.5 cm³/mol. The Morgan fingerprint density at radius 3 is 2.24 bits per heavy atom. The van der Waals surface area contributed by atoms with Gasteiger partial charge in [0.05, 0.1) is 18.2 Å². The van der Waals surface area contributed by atoms with E-state index in [2.05, 4.69) is 9.98 Å². The molecule has 0 spiro atoms. The Morgan fingerprint density at radius 2 is 1.76 bits per heavy atom. The lowest BCUT2D eigenvalue weighted by Crippen LogP contribution is -2.26. The molecule has 0 aliphatic carbocycles. The third-order valence-electron chi connectivity index (χ3n) is 1.75. The minimum absolute atomic E-state index is 0. The maximum Gasteiger partial charge on any atom is 0.218 e. The van der Waals surface area contributed by atoms with Crippen LogP contribution < -0.4 is 17.2 Å². The van der Waals surface area contributed by atoms with Crippen LogP contribution in [0.4, 0.5) is 0 Å². The van der Waals surface area contributed by atoms with E-state index in [1.165, 1.54) is 0 Å². The number of hydrogen-bond donors (Lipinski definition) is 3. The van der Waals surface area contributed by atoms with Crippen molar-refractivity contribution in [2.75, 3.05) is 0 Å². The van der Waals surface area contributed by atoms with E-state index in [0.717, 1.165) is 5.56 Å². The van der Waals surface area contributed by atoms with E-state index < -0.39 is 0 Å². The van der Waals surface area contributed by atoms with Gasteiger partial charge in [0.25, 0.3) is 0 Å². The van der Waals surface area contributed by atoms with E-state index in [4.69, 9.17) is 22.5 Å². The first-order valence-corrected chi connectivity index (χ1v) is 4.50. The van der Waals surface area contributed by atoms with Gasteiger partial charge in [0, 0.05) is 0 Å². The van der Waals surface area contributed by atoms with Gasteiger partial charge < -0.3 is 17.2 Å². The molecule has 0 saturated carbocycles. The van der Waals surface area contributed by atoms with Gasteiger partial charge in [0.15, 0.2) is 5.96 Å². The van der Waals surface area contributed by atoms with Crippen LogP contribution in [0.5, 0.6) is 0 Å². The largest absolute Gasteiger partial charge is 0.370 e. The van der Waals surface area contributed by atoms with Crippen LogP contribution in [0.25, 0.3) is 0 Å². The summed E-state index contributed by atoms with van der Waals surface area (Å²) in [5, 5.41) is 8.60. The summed E-state index contributed by atoms with van der Waals surface area (Å²) >= 11 is 0. The molecule has 1 aromatic rings. The molecular weight excluding hydrogens is 240 g/mol. The molecule has 0 fully saturated rings. The Labute approximate surface area is 105 Å². The van der Waals surface area contributed by atoms with E-state index >= 15 is 0 Å². The highest BCUT2D eigenvalue weighted by Gasteiger charge is 1.94. The summed E-state index contributed by atoms with van der Waals surface area (Å²) in [7, 11) is 0. The highest BCUT2D eigenvalue weighted by atomic mass is 35.5. The Hall–Kier alpha value is -2.26. The second kappa shape index (κ2) is 7.09. The first kappa shape index (κ1) is 14.7. The fourth-order valence-electron chi connectivity index (χ4n) is 1.02. The summed E-state index contributed by atoms with van der Waals surface area (Å²) in [6.45, 7) is 0.369. The Balaban J connectivity index is 0.00000256. The minimum atomic E-state index is -0.124. The number of rotatable bonds is 2. The van der Waals surface area contributed by atoms with Crippen molar-refractivity contribution in [2.45, 2.75) is 6.54 Å². The highest BCUT2D eigenvalue weighted by Crippen LogP contribution is 2.04. The van der Waals surface area contributed by atoms with Crippen LogP contribution in [0, 0.1) is 11.3 Å². The average molecular weight is 253 g/mol. The third kappa shape index (κ3) is 5.39. The second-order valence-corrected chi connectivity index (χ2v) is 3.02. The molecule has 0 aromatic heterocycles. The standard InChI is InChI=1S/C10H12N6.ClH/c11-5-7-1-3-8(4-2-7)6-15-10(14)16-9(12)13;/h1-4H,6H2,(H6,12,13,14,15,16);1H. The molecule has 6 nitrogen and oxygen atoms in total. The molecule has 0 atom stereocenters. The molecule has 0 unspecified atom stereocenters. The monoisotopic (exact) mass is 252 g/mol. The fraction of sp³-hybridized carbons (Fsp3) is 0.100. The summed E-state index contributed by atoms with van der Waals surface area (Å²) in [6.07, 6.45) is 0. The number of guanidine groups is 2. The van der Waals surface area contributed by atoms with Crippen molar-refractivity contribution in [2.24, 2.45) is 27.2 Å². The van der Waals surface area contributed by atoms with Crippen molar-refractivity contribution in [3.05, 3.63) is 35.4 Å². The van der Waals surface area contributed by atoms with Crippen LogP contribution in [-0.4, -0.2) is 11.9 Å². The molecule has 6 N–H and O–H groups in total. The minimum Gasteiger partial charge on any atom is -0.370 e. The summed E-state index contributed by atoms with van der Waals surface area (Å²) < 4.78 is 0. The number of nitrogens with zero attached hydrogens (tertiary/aromatic N) is 3. The lowest BCUT2D eigenvalue weighted by molar-refractivity contribution is 1.05. The van der Waals surface area contributed by atoms with Crippen LogP contribution in [0.1, 0.15) is 11.1 Å². The van der Waals surface area contributed by atoms with Crippen molar-refractivity contribution in [1.29, 1.82) is 5.26 Å². The van der Waals surface area contributed by atoms with Crippen molar-refractivity contribution in [3.63, 3.8) is 0 Å². The molecule has 1 aromatic carbocycles. The number of halogens is 1. The van der Waals surface area contributed by atoms with Crippen LogP contribution in [0.3, 0.4) is 0 Å². The van der Waals surface area contributed by atoms with E-state index in [1.807, 2.05) is 6.07 Å². The fourth-order valence-corrected chi connectivity index (χ4v) is 1.02. The van der Waals surface area contributed by atoms with Crippen LogP contribution in [-0.2, 0) is 6.54 Å². The van der Waals surface area contributed by atoms with E-state index in [-0.39, 0.29) is 24.3 Å². The van der Waals surface area contributed by atoms with Gasteiger partial charge in [-0.2, -0.15) is 10.3 Å². The van der Waals surface area contributed by atoms with Gasteiger partial charge in [-0.05, 0) is 17.7 Å². The quantitative estimate of drug-likeness (QED) is 0.508. The van der Waals surface area contributed by atoms with Gasteiger partial charge in [-0.3, -0.25) is 0 Å². The van der Waals surface area contributed by atoms with E-state index in [0.29, 0.717) is 12.1 Å². The van der Waals surface area contributed by atoms with E-state index in [9.17, 15) is 0 Å². The Bertz CT molecular complexity index is 453. The predicted octanol–water partition coefficient (Wildman–Crippen LogP) is 0.0682. The lowest BCUT2D eigenvalue weighted by Gasteiger charge is -1.97. The normalized spacial score (nSPS) is 9.94.